The number of hydrogen-bond donors (Lipinski definition) is 3. The van der Waals surface area contributed by atoms with Crippen LogP contribution in [0.25, 0.3) is 22.9 Å². The van der Waals surface area contributed by atoms with E-state index in [4.69, 9.17) is 16.7 Å². The van der Waals surface area contributed by atoms with E-state index < -0.39 is 23.8 Å². The van der Waals surface area contributed by atoms with Crippen molar-refractivity contribution in [3.8, 4) is 16.8 Å². The third-order valence-electron chi connectivity index (χ3n) is 6.53. The first-order chi connectivity index (χ1) is 20.9. The Balaban J connectivity index is 1.35. The number of carboxylic acids is 1. The number of halogens is 1. The molecule has 0 aliphatic carbocycles. The fourth-order valence-corrected chi connectivity index (χ4v) is 4.54. The molecule has 1 atom stereocenters. The Hall–Kier alpha value is -5.61. The Kier molecular flexibility index (Phi) is 8.99. The van der Waals surface area contributed by atoms with Crippen molar-refractivity contribution in [2.75, 3.05) is 5.32 Å². The van der Waals surface area contributed by atoms with Crippen LogP contribution in [-0.4, -0.2) is 49.1 Å². The van der Waals surface area contributed by atoms with E-state index in [1.54, 1.807) is 24.3 Å². The Morgan fingerprint density at radius 3 is 2.30 bits per heavy atom. The molecule has 214 valence electrons. The van der Waals surface area contributed by atoms with Crippen LogP contribution in [0.3, 0.4) is 0 Å². The molecule has 2 amide bonds. The van der Waals surface area contributed by atoms with Gasteiger partial charge in [0, 0.05) is 28.8 Å². The molecule has 5 aromatic rings. The van der Waals surface area contributed by atoms with E-state index in [0.717, 1.165) is 16.7 Å². The van der Waals surface area contributed by atoms with Crippen LogP contribution in [0.1, 0.15) is 21.5 Å². The number of anilines is 1. The molecule has 0 saturated carbocycles. The normalized spacial score (nSPS) is 11.7. The number of hydrogen-bond acceptors (Lipinski definition) is 6. The molecule has 0 bridgehead atoms. The van der Waals surface area contributed by atoms with Gasteiger partial charge in [-0.1, -0.05) is 66.2 Å². The van der Waals surface area contributed by atoms with Crippen molar-refractivity contribution in [3.63, 3.8) is 0 Å². The largest absolute Gasteiger partial charge is 0.478 e. The predicted octanol–water partition coefficient (Wildman–Crippen LogP) is 5.06. The van der Waals surface area contributed by atoms with Crippen LogP contribution < -0.4 is 10.6 Å². The summed E-state index contributed by atoms with van der Waals surface area (Å²) in [4.78, 5) is 37.7. The highest BCUT2D eigenvalue weighted by Crippen LogP contribution is 2.22. The number of nitrogens with one attached hydrogen (secondary N) is 2. The minimum Gasteiger partial charge on any atom is -0.478 e. The third kappa shape index (κ3) is 7.57. The minimum absolute atomic E-state index is 0.0913. The lowest BCUT2D eigenvalue weighted by Gasteiger charge is -2.18. The van der Waals surface area contributed by atoms with E-state index in [0.29, 0.717) is 22.0 Å². The summed E-state index contributed by atoms with van der Waals surface area (Å²) >= 11 is 6.18. The third-order valence-corrected chi connectivity index (χ3v) is 6.77. The van der Waals surface area contributed by atoms with Gasteiger partial charge < -0.3 is 15.7 Å². The Morgan fingerprint density at radius 1 is 0.907 bits per heavy atom. The van der Waals surface area contributed by atoms with E-state index in [1.165, 1.54) is 41.4 Å². The molecule has 11 heteroatoms. The molecule has 0 unspecified atom stereocenters. The van der Waals surface area contributed by atoms with Crippen LogP contribution in [0.4, 0.5) is 5.69 Å². The minimum atomic E-state index is -1.07. The molecular weight excluding hydrogens is 568 g/mol. The number of carboxylic acid groups (broad SMARTS) is 1. The first-order valence-corrected chi connectivity index (χ1v) is 13.5. The van der Waals surface area contributed by atoms with Crippen LogP contribution in [0.5, 0.6) is 0 Å². The van der Waals surface area contributed by atoms with E-state index in [2.05, 4.69) is 26.2 Å². The van der Waals surface area contributed by atoms with Crippen LogP contribution in [0, 0.1) is 0 Å². The summed E-state index contributed by atoms with van der Waals surface area (Å²) in [6, 6.07) is 27.6. The maximum atomic E-state index is 13.4. The first-order valence-electron chi connectivity index (χ1n) is 13.2. The van der Waals surface area contributed by atoms with Crippen molar-refractivity contribution in [1.29, 1.82) is 0 Å². The van der Waals surface area contributed by atoms with Gasteiger partial charge in [-0.25, -0.2) is 4.79 Å². The highest BCUT2D eigenvalue weighted by molar-refractivity contribution is 6.30. The number of tetrazole rings is 1. The molecule has 1 heterocycles. The molecule has 0 spiro atoms. The first kappa shape index (κ1) is 28.9. The second-order valence-electron chi connectivity index (χ2n) is 9.49. The zero-order valence-electron chi connectivity index (χ0n) is 22.6. The molecule has 0 aliphatic rings. The number of benzene rings is 4. The lowest BCUT2D eigenvalue weighted by Crippen LogP contribution is -2.44. The summed E-state index contributed by atoms with van der Waals surface area (Å²) in [5.41, 5.74) is 4.61. The number of carbonyl (C=O) groups is 3. The van der Waals surface area contributed by atoms with Gasteiger partial charge in [0.2, 0.25) is 11.8 Å². The maximum Gasteiger partial charge on any atom is 0.335 e. The van der Waals surface area contributed by atoms with Crippen LogP contribution in [0.2, 0.25) is 5.02 Å². The average Bonchev–Trinajstić information content (AvgIpc) is 3.56. The molecular formula is C32H25ClN6O4. The smallest absolute Gasteiger partial charge is 0.335 e. The summed E-state index contributed by atoms with van der Waals surface area (Å²) in [6.07, 6.45) is 4.50. The molecule has 43 heavy (non-hydrogen) atoms. The summed E-state index contributed by atoms with van der Waals surface area (Å²) in [6.45, 7) is 0. The van der Waals surface area contributed by atoms with Gasteiger partial charge in [-0.2, -0.15) is 4.68 Å². The maximum absolute atomic E-state index is 13.4. The van der Waals surface area contributed by atoms with Crippen molar-refractivity contribution in [2.45, 2.75) is 12.5 Å². The number of rotatable bonds is 10. The van der Waals surface area contributed by atoms with E-state index in [-0.39, 0.29) is 12.0 Å². The van der Waals surface area contributed by atoms with Crippen molar-refractivity contribution in [3.05, 3.63) is 131 Å². The van der Waals surface area contributed by atoms with Gasteiger partial charge in [0.1, 0.15) is 12.4 Å². The lowest BCUT2D eigenvalue weighted by molar-refractivity contribution is -0.123. The molecule has 10 nitrogen and oxygen atoms in total. The molecule has 0 radical (unpaired) electrons. The lowest BCUT2D eigenvalue weighted by atomic mass is 10.00. The molecule has 4 aromatic carbocycles. The molecule has 0 aliphatic heterocycles. The molecule has 5 rings (SSSR count). The van der Waals surface area contributed by atoms with Crippen LogP contribution in [-0.2, 0) is 16.0 Å². The van der Waals surface area contributed by atoms with Crippen LogP contribution in [0.15, 0.2) is 109 Å². The number of aromatic nitrogens is 4. The second-order valence-corrected chi connectivity index (χ2v) is 9.93. The summed E-state index contributed by atoms with van der Waals surface area (Å²) in [7, 11) is 0. The monoisotopic (exact) mass is 592 g/mol. The molecule has 0 saturated heterocycles. The Morgan fingerprint density at radius 2 is 1.63 bits per heavy atom. The molecule has 3 N–H and O–H groups in total. The van der Waals surface area contributed by atoms with Gasteiger partial charge in [0.05, 0.1) is 11.3 Å². The van der Waals surface area contributed by atoms with Crippen molar-refractivity contribution in [2.24, 2.45) is 0 Å². The van der Waals surface area contributed by atoms with Crippen molar-refractivity contribution >= 4 is 41.1 Å². The van der Waals surface area contributed by atoms with Gasteiger partial charge in [0.25, 0.3) is 0 Å². The van der Waals surface area contributed by atoms with E-state index in [9.17, 15) is 14.4 Å². The topological polar surface area (TPSA) is 139 Å². The van der Waals surface area contributed by atoms with Gasteiger partial charge in [-0.15, -0.1) is 5.10 Å². The van der Waals surface area contributed by atoms with E-state index in [1.807, 2.05) is 54.6 Å². The summed E-state index contributed by atoms with van der Waals surface area (Å²) < 4.78 is 1.44. The summed E-state index contributed by atoms with van der Waals surface area (Å²) in [5, 5.41) is 26.4. The van der Waals surface area contributed by atoms with Gasteiger partial charge >= 0.3 is 5.97 Å². The second kappa shape index (κ2) is 13.4. The predicted molar refractivity (Wildman–Crippen MR) is 163 cm³/mol. The van der Waals surface area contributed by atoms with Crippen molar-refractivity contribution in [1.82, 2.24) is 25.5 Å². The molecule has 0 fully saturated rings. The SMILES string of the molecule is O=C(/C=C/c1cc(Cl)ccc1-n1cnnn1)N[C@@H](Cc1ccc(-c2ccccc2)cc1)C(=O)Nc1ccc(C(=O)O)cc1. The van der Waals surface area contributed by atoms with Crippen LogP contribution >= 0.6 is 11.6 Å². The zero-order chi connectivity index (χ0) is 30.2. The zero-order valence-corrected chi connectivity index (χ0v) is 23.3. The van der Waals surface area contributed by atoms with E-state index >= 15 is 0 Å². The summed E-state index contributed by atoms with van der Waals surface area (Å²) in [5.74, 6) is -2.05. The standard InChI is InChI=1S/C32H25ClN6O4/c33-26-13-16-29(39-20-34-37-38-39)25(19-26)12-17-30(40)36-28(31(41)35-27-14-10-24(11-15-27)32(42)43)18-21-6-8-23(9-7-21)22-4-2-1-3-5-22/h1-17,19-20,28H,18H2,(H,35,41)(H,36,40)(H,42,43)/b17-12+/t28-/m0/s1. The fourth-order valence-electron chi connectivity index (χ4n) is 4.36. The highest BCUT2D eigenvalue weighted by atomic mass is 35.5. The average molecular weight is 593 g/mol. The number of carbonyl (C=O) groups excluding carboxylic acids is 2. The van der Waals surface area contributed by atoms with Crippen molar-refractivity contribution < 1.29 is 19.5 Å². The number of amides is 2. The van der Waals surface area contributed by atoms with Gasteiger partial charge in [0.15, 0.2) is 0 Å². The fraction of sp³-hybridized carbons (Fsp3) is 0.0625. The van der Waals surface area contributed by atoms with Gasteiger partial charge in [-0.3, -0.25) is 9.59 Å². The number of aromatic carboxylic acids is 1. The Labute approximate surface area is 251 Å². The quantitative estimate of drug-likeness (QED) is 0.193. The Bertz CT molecular complexity index is 1760. The molecule has 1 aromatic heterocycles. The van der Waals surface area contributed by atoms with Gasteiger partial charge in [-0.05, 0) is 75.7 Å². The number of nitrogens with zero attached hydrogens (tertiary/aromatic N) is 4. The highest BCUT2D eigenvalue weighted by Gasteiger charge is 2.21.